The number of hydrogen-bond donors (Lipinski definition) is 1. The van der Waals surface area contributed by atoms with Crippen molar-refractivity contribution in [2.24, 2.45) is 0 Å². The van der Waals surface area contributed by atoms with Gasteiger partial charge in [0.25, 0.3) is 0 Å². The van der Waals surface area contributed by atoms with E-state index >= 15 is 0 Å². The van der Waals surface area contributed by atoms with Crippen LogP contribution in [0.4, 0.5) is 5.69 Å². The molecule has 21 heavy (non-hydrogen) atoms. The van der Waals surface area contributed by atoms with Crippen LogP contribution in [0.2, 0.25) is 0 Å². The van der Waals surface area contributed by atoms with Crippen LogP contribution in [0.15, 0.2) is 46.9 Å². The standard InChI is InChI=1S/C17H17BrN2O/c1-12(21)16-7-6-15(18)9-17(16)20(2)11-14-5-3-4-13(8-14)10-19/h3-9,12,21H,11H2,1-2H3. The van der Waals surface area contributed by atoms with E-state index in [4.69, 9.17) is 5.26 Å². The van der Waals surface area contributed by atoms with Crippen LogP contribution in [0, 0.1) is 11.3 Å². The molecule has 0 bridgehead atoms. The zero-order valence-electron chi connectivity index (χ0n) is 12.0. The van der Waals surface area contributed by atoms with Gasteiger partial charge in [-0.15, -0.1) is 0 Å². The van der Waals surface area contributed by atoms with E-state index in [0.29, 0.717) is 12.1 Å². The predicted octanol–water partition coefficient (Wildman–Crippen LogP) is 4.01. The van der Waals surface area contributed by atoms with Crippen molar-refractivity contribution >= 4 is 21.6 Å². The van der Waals surface area contributed by atoms with E-state index in [1.807, 2.05) is 43.4 Å². The Balaban J connectivity index is 2.29. The zero-order valence-corrected chi connectivity index (χ0v) is 13.6. The molecular formula is C17H17BrN2O. The maximum absolute atomic E-state index is 9.91. The van der Waals surface area contributed by atoms with Crippen molar-refractivity contribution in [3.63, 3.8) is 0 Å². The highest BCUT2D eigenvalue weighted by Gasteiger charge is 2.12. The maximum atomic E-state index is 9.91. The average Bonchev–Trinajstić information content (AvgIpc) is 2.47. The maximum Gasteiger partial charge on any atom is 0.0991 e. The molecule has 0 spiro atoms. The Kier molecular flexibility index (Phi) is 5.00. The van der Waals surface area contributed by atoms with Crippen LogP contribution in [0.1, 0.15) is 29.7 Å². The van der Waals surface area contributed by atoms with Crippen molar-refractivity contribution < 1.29 is 5.11 Å². The number of rotatable bonds is 4. The third-order valence-electron chi connectivity index (χ3n) is 3.33. The van der Waals surface area contributed by atoms with Gasteiger partial charge in [0.1, 0.15) is 0 Å². The van der Waals surface area contributed by atoms with Crippen LogP contribution in [-0.4, -0.2) is 12.2 Å². The lowest BCUT2D eigenvalue weighted by molar-refractivity contribution is 0.199. The second-order valence-corrected chi connectivity index (χ2v) is 5.96. The molecule has 1 atom stereocenters. The fourth-order valence-electron chi connectivity index (χ4n) is 2.30. The summed E-state index contributed by atoms with van der Waals surface area (Å²) in [6.45, 7) is 2.43. The van der Waals surface area contributed by atoms with Gasteiger partial charge in [0.15, 0.2) is 0 Å². The van der Waals surface area contributed by atoms with Crippen LogP contribution in [0.3, 0.4) is 0 Å². The van der Waals surface area contributed by atoms with E-state index in [1.54, 1.807) is 13.0 Å². The fourth-order valence-corrected chi connectivity index (χ4v) is 2.65. The Bertz CT molecular complexity index is 677. The summed E-state index contributed by atoms with van der Waals surface area (Å²) in [5.41, 5.74) is 3.58. The molecule has 1 unspecified atom stereocenters. The Labute approximate surface area is 133 Å². The molecule has 0 radical (unpaired) electrons. The van der Waals surface area contributed by atoms with Gasteiger partial charge in [-0.25, -0.2) is 0 Å². The SMILES string of the molecule is CC(O)c1ccc(Br)cc1N(C)Cc1cccc(C#N)c1. The zero-order chi connectivity index (χ0) is 15.4. The number of aliphatic hydroxyl groups is 1. The van der Waals surface area contributed by atoms with Crippen LogP contribution in [0.5, 0.6) is 0 Å². The second kappa shape index (κ2) is 6.75. The second-order valence-electron chi connectivity index (χ2n) is 5.05. The number of aliphatic hydroxyl groups excluding tert-OH is 1. The van der Waals surface area contributed by atoms with Crippen molar-refractivity contribution in [2.45, 2.75) is 19.6 Å². The summed E-state index contributed by atoms with van der Waals surface area (Å²) in [7, 11) is 1.98. The van der Waals surface area contributed by atoms with Crippen molar-refractivity contribution in [3.8, 4) is 6.07 Å². The molecule has 0 aliphatic rings. The van der Waals surface area contributed by atoms with Crippen molar-refractivity contribution in [3.05, 3.63) is 63.6 Å². The lowest BCUT2D eigenvalue weighted by Gasteiger charge is -2.24. The fraction of sp³-hybridized carbons (Fsp3) is 0.235. The molecule has 0 saturated carbocycles. The number of hydrogen-bond acceptors (Lipinski definition) is 3. The quantitative estimate of drug-likeness (QED) is 0.911. The molecule has 0 saturated heterocycles. The van der Waals surface area contributed by atoms with Gasteiger partial charge < -0.3 is 10.0 Å². The highest BCUT2D eigenvalue weighted by molar-refractivity contribution is 9.10. The third-order valence-corrected chi connectivity index (χ3v) is 3.82. The van der Waals surface area contributed by atoms with Gasteiger partial charge in [-0.05, 0) is 36.8 Å². The lowest BCUT2D eigenvalue weighted by atomic mass is 10.1. The van der Waals surface area contributed by atoms with Gasteiger partial charge >= 0.3 is 0 Å². The minimum atomic E-state index is -0.527. The van der Waals surface area contributed by atoms with Gasteiger partial charge in [-0.2, -0.15) is 5.26 Å². The normalized spacial score (nSPS) is 11.8. The molecule has 0 fully saturated rings. The van der Waals surface area contributed by atoms with Gasteiger partial charge in [0.05, 0.1) is 17.7 Å². The average molecular weight is 345 g/mol. The molecule has 0 aliphatic carbocycles. The van der Waals surface area contributed by atoms with Gasteiger partial charge in [0, 0.05) is 29.3 Å². The molecule has 2 rings (SSSR count). The molecule has 2 aromatic carbocycles. The van der Waals surface area contributed by atoms with Crippen molar-refractivity contribution in [1.29, 1.82) is 5.26 Å². The molecule has 3 nitrogen and oxygen atoms in total. The first kappa shape index (κ1) is 15.6. The largest absolute Gasteiger partial charge is 0.389 e. The number of nitrogens with zero attached hydrogens (tertiary/aromatic N) is 2. The Hall–Kier alpha value is -1.83. The number of anilines is 1. The molecule has 0 amide bonds. The van der Waals surface area contributed by atoms with Crippen LogP contribution in [-0.2, 0) is 6.54 Å². The number of halogens is 1. The van der Waals surface area contributed by atoms with Crippen molar-refractivity contribution in [1.82, 2.24) is 0 Å². The van der Waals surface area contributed by atoms with Crippen molar-refractivity contribution in [2.75, 3.05) is 11.9 Å². The van der Waals surface area contributed by atoms with Crippen LogP contribution in [0.25, 0.3) is 0 Å². The predicted molar refractivity (Wildman–Crippen MR) is 88.0 cm³/mol. The van der Waals surface area contributed by atoms with Crippen LogP contribution < -0.4 is 4.90 Å². The Morgan fingerprint density at radius 1 is 1.29 bits per heavy atom. The van der Waals surface area contributed by atoms with E-state index in [-0.39, 0.29) is 0 Å². The molecule has 2 aromatic rings. The minimum Gasteiger partial charge on any atom is -0.389 e. The van der Waals surface area contributed by atoms with Gasteiger partial charge in [0.2, 0.25) is 0 Å². The summed E-state index contributed by atoms with van der Waals surface area (Å²) in [5, 5.41) is 18.9. The first-order valence-corrected chi connectivity index (χ1v) is 7.48. The summed E-state index contributed by atoms with van der Waals surface area (Å²) in [6.07, 6.45) is -0.527. The summed E-state index contributed by atoms with van der Waals surface area (Å²) < 4.78 is 0.972. The van der Waals surface area contributed by atoms with E-state index in [2.05, 4.69) is 26.9 Å². The molecule has 4 heteroatoms. The minimum absolute atomic E-state index is 0.527. The first-order chi connectivity index (χ1) is 10.0. The topological polar surface area (TPSA) is 47.3 Å². The molecule has 0 aromatic heterocycles. The van der Waals surface area contributed by atoms with E-state index in [0.717, 1.165) is 21.3 Å². The molecule has 0 heterocycles. The Morgan fingerprint density at radius 3 is 2.71 bits per heavy atom. The number of nitriles is 1. The highest BCUT2D eigenvalue weighted by atomic mass is 79.9. The molecule has 108 valence electrons. The van der Waals surface area contributed by atoms with E-state index < -0.39 is 6.10 Å². The van der Waals surface area contributed by atoms with Gasteiger partial charge in [-0.1, -0.05) is 34.1 Å². The summed E-state index contributed by atoms with van der Waals surface area (Å²) in [4.78, 5) is 2.07. The Morgan fingerprint density at radius 2 is 2.05 bits per heavy atom. The molecule has 0 aliphatic heterocycles. The monoisotopic (exact) mass is 344 g/mol. The highest BCUT2D eigenvalue weighted by Crippen LogP contribution is 2.30. The summed E-state index contributed by atoms with van der Waals surface area (Å²) in [6, 6.07) is 15.6. The first-order valence-electron chi connectivity index (χ1n) is 6.69. The van der Waals surface area contributed by atoms with Crippen LogP contribution >= 0.6 is 15.9 Å². The van der Waals surface area contributed by atoms with E-state index in [9.17, 15) is 5.11 Å². The summed E-state index contributed by atoms with van der Waals surface area (Å²) >= 11 is 3.47. The third kappa shape index (κ3) is 3.84. The van der Waals surface area contributed by atoms with Gasteiger partial charge in [-0.3, -0.25) is 0 Å². The number of benzene rings is 2. The smallest absolute Gasteiger partial charge is 0.0991 e. The van der Waals surface area contributed by atoms with E-state index in [1.165, 1.54) is 0 Å². The molecule has 1 N–H and O–H groups in total. The lowest BCUT2D eigenvalue weighted by Crippen LogP contribution is -2.18. The summed E-state index contributed by atoms with van der Waals surface area (Å²) in [5.74, 6) is 0. The molecular weight excluding hydrogens is 328 g/mol.